The highest BCUT2D eigenvalue weighted by Crippen LogP contribution is 2.39. The summed E-state index contributed by atoms with van der Waals surface area (Å²) in [7, 11) is 0. The lowest BCUT2D eigenvalue weighted by molar-refractivity contribution is -0.137. The van der Waals surface area contributed by atoms with Crippen molar-refractivity contribution >= 4 is 22.9 Å². The molecule has 0 radical (unpaired) electrons. The van der Waals surface area contributed by atoms with Gasteiger partial charge in [-0.3, -0.25) is 0 Å². The fourth-order valence-corrected chi connectivity index (χ4v) is 3.12. The Labute approximate surface area is 124 Å². The fraction of sp³-hybridized carbons (Fsp3) is 0.286. The van der Waals surface area contributed by atoms with Gasteiger partial charge in [-0.1, -0.05) is 24.6 Å². The normalized spacial score (nSPS) is 13.5. The molecular formula is C14H13ClF3NS. The van der Waals surface area contributed by atoms with Crippen molar-refractivity contribution in [3.05, 3.63) is 45.8 Å². The molecule has 0 fully saturated rings. The maximum absolute atomic E-state index is 12.8. The number of benzene rings is 1. The summed E-state index contributed by atoms with van der Waals surface area (Å²) in [6.45, 7) is 1.97. The quantitative estimate of drug-likeness (QED) is 0.794. The molecule has 2 N–H and O–H groups in total. The number of halogens is 4. The molecule has 0 saturated heterocycles. The molecule has 1 unspecified atom stereocenters. The summed E-state index contributed by atoms with van der Waals surface area (Å²) in [5, 5.41) is -0.289. The smallest absolute Gasteiger partial charge is 0.323 e. The van der Waals surface area contributed by atoms with E-state index in [1.807, 2.05) is 13.0 Å². The number of hydrogen-bond acceptors (Lipinski definition) is 2. The van der Waals surface area contributed by atoms with Crippen LogP contribution in [0.25, 0.3) is 10.4 Å². The van der Waals surface area contributed by atoms with Gasteiger partial charge in [-0.2, -0.15) is 13.2 Å². The zero-order valence-corrected chi connectivity index (χ0v) is 12.2. The van der Waals surface area contributed by atoms with Crippen LogP contribution >= 0.6 is 22.9 Å². The summed E-state index contributed by atoms with van der Waals surface area (Å²) in [5.74, 6) is 0. The van der Waals surface area contributed by atoms with Crippen molar-refractivity contribution in [2.45, 2.75) is 25.6 Å². The topological polar surface area (TPSA) is 26.0 Å². The van der Waals surface area contributed by atoms with E-state index in [4.69, 9.17) is 17.3 Å². The Kier molecular flexibility index (Phi) is 4.42. The van der Waals surface area contributed by atoms with Gasteiger partial charge in [0, 0.05) is 15.8 Å². The Balaban J connectivity index is 2.41. The number of thiophene rings is 1. The zero-order valence-electron chi connectivity index (χ0n) is 10.7. The van der Waals surface area contributed by atoms with Gasteiger partial charge in [0.1, 0.15) is 0 Å². The van der Waals surface area contributed by atoms with Gasteiger partial charge in [-0.25, -0.2) is 0 Å². The van der Waals surface area contributed by atoms with E-state index in [1.165, 1.54) is 17.4 Å². The van der Waals surface area contributed by atoms with E-state index in [0.717, 1.165) is 22.2 Å². The minimum Gasteiger partial charge on any atom is -0.323 e. The molecule has 0 bridgehead atoms. The number of rotatable bonds is 3. The Hall–Kier alpha value is -1.04. The Morgan fingerprint density at radius 1 is 1.25 bits per heavy atom. The highest BCUT2D eigenvalue weighted by Gasteiger charge is 2.33. The average Bonchev–Trinajstić information content (AvgIpc) is 2.86. The van der Waals surface area contributed by atoms with Gasteiger partial charge in [-0.15, -0.1) is 11.3 Å². The van der Waals surface area contributed by atoms with Crippen molar-refractivity contribution < 1.29 is 13.2 Å². The highest BCUT2D eigenvalue weighted by atomic mass is 35.5. The SMILES string of the molecule is CCC(N)c1ccc(-c2ccc(Cl)c(C(F)(F)F)c2)s1. The lowest BCUT2D eigenvalue weighted by Crippen LogP contribution is -2.06. The Morgan fingerprint density at radius 2 is 1.95 bits per heavy atom. The molecule has 0 aliphatic heterocycles. The number of alkyl halides is 3. The largest absolute Gasteiger partial charge is 0.417 e. The molecule has 1 nitrogen and oxygen atoms in total. The van der Waals surface area contributed by atoms with Gasteiger partial charge in [0.05, 0.1) is 10.6 Å². The number of hydrogen-bond donors (Lipinski definition) is 1. The summed E-state index contributed by atoms with van der Waals surface area (Å²) >= 11 is 7.02. The van der Waals surface area contributed by atoms with Crippen molar-refractivity contribution in [1.82, 2.24) is 0 Å². The van der Waals surface area contributed by atoms with Crippen molar-refractivity contribution in [3.8, 4) is 10.4 Å². The second-order valence-electron chi connectivity index (χ2n) is 4.41. The van der Waals surface area contributed by atoms with E-state index in [0.29, 0.717) is 5.56 Å². The van der Waals surface area contributed by atoms with Crippen molar-refractivity contribution in [1.29, 1.82) is 0 Å². The van der Waals surface area contributed by atoms with E-state index < -0.39 is 11.7 Å². The summed E-state index contributed by atoms with van der Waals surface area (Å²) in [6.07, 6.45) is -3.67. The molecule has 6 heteroatoms. The van der Waals surface area contributed by atoms with Gasteiger partial charge in [0.15, 0.2) is 0 Å². The van der Waals surface area contributed by atoms with E-state index in [9.17, 15) is 13.2 Å². The Morgan fingerprint density at radius 3 is 2.55 bits per heavy atom. The first kappa shape index (κ1) is 15.4. The van der Waals surface area contributed by atoms with Crippen molar-refractivity contribution in [2.75, 3.05) is 0 Å². The van der Waals surface area contributed by atoms with E-state index in [1.54, 1.807) is 12.1 Å². The predicted molar refractivity (Wildman–Crippen MR) is 77.0 cm³/mol. The molecular weight excluding hydrogens is 307 g/mol. The molecule has 1 heterocycles. The molecule has 2 aromatic rings. The third kappa shape index (κ3) is 3.16. The zero-order chi connectivity index (χ0) is 14.9. The molecule has 0 aliphatic carbocycles. The summed E-state index contributed by atoms with van der Waals surface area (Å²) < 4.78 is 38.5. The van der Waals surface area contributed by atoms with Crippen LogP contribution in [0.1, 0.15) is 29.8 Å². The minimum absolute atomic E-state index is 0.0804. The van der Waals surface area contributed by atoms with E-state index in [-0.39, 0.29) is 11.1 Å². The van der Waals surface area contributed by atoms with Crippen molar-refractivity contribution in [3.63, 3.8) is 0 Å². The first-order chi connectivity index (χ1) is 9.32. The average molecular weight is 320 g/mol. The Bertz CT molecular complexity index is 607. The van der Waals surface area contributed by atoms with Crippen LogP contribution in [0.5, 0.6) is 0 Å². The summed E-state index contributed by atoms with van der Waals surface area (Å²) in [4.78, 5) is 1.72. The monoisotopic (exact) mass is 319 g/mol. The second-order valence-corrected chi connectivity index (χ2v) is 5.93. The van der Waals surface area contributed by atoms with Crippen LogP contribution < -0.4 is 5.73 Å². The fourth-order valence-electron chi connectivity index (χ4n) is 1.80. The molecule has 0 amide bonds. The minimum atomic E-state index is -4.45. The predicted octanol–water partition coefficient (Wildman–Crippen LogP) is 5.50. The van der Waals surface area contributed by atoms with Crippen LogP contribution in [0, 0.1) is 0 Å². The van der Waals surface area contributed by atoms with Crippen LogP contribution in [0.2, 0.25) is 5.02 Å². The maximum Gasteiger partial charge on any atom is 0.417 e. The van der Waals surface area contributed by atoms with Crippen LogP contribution in [0.4, 0.5) is 13.2 Å². The molecule has 20 heavy (non-hydrogen) atoms. The lowest BCUT2D eigenvalue weighted by atomic mass is 10.1. The second kappa shape index (κ2) is 5.76. The molecule has 0 aliphatic rings. The van der Waals surface area contributed by atoms with Gasteiger partial charge < -0.3 is 5.73 Å². The summed E-state index contributed by atoms with van der Waals surface area (Å²) in [6, 6.07) is 7.51. The third-order valence-electron chi connectivity index (χ3n) is 2.99. The van der Waals surface area contributed by atoms with Gasteiger partial charge in [0.25, 0.3) is 0 Å². The first-order valence-corrected chi connectivity index (χ1v) is 7.24. The molecule has 1 atom stereocenters. The molecule has 1 aromatic heterocycles. The van der Waals surface area contributed by atoms with E-state index >= 15 is 0 Å². The van der Waals surface area contributed by atoms with Crippen molar-refractivity contribution in [2.24, 2.45) is 5.73 Å². The first-order valence-electron chi connectivity index (χ1n) is 6.05. The lowest BCUT2D eigenvalue weighted by Gasteiger charge is -2.10. The molecule has 1 aromatic carbocycles. The molecule has 108 valence electrons. The highest BCUT2D eigenvalue weighted by molar-refractivity contribution is 7.15. The number of nitrogens with two attached hydrogens (primary N) is 1. The van der Waals surface area contributed by atoms with Crippen LogP contribution in [0.3, 0.4) is 0 Å². The molecule has 2 rings (SSSR count). The van der Waals surface area contributed by atoms with Crippen LogP contribution in [0.15, 0.2) is 30.3 Å². The van der Waals surface area contributed by atoms with Gasteiger partial charge >= 0.3 is 6.18 Å². The van der Waals surface area contributed by atoms with Crippen LogP contribution in [-0.4, -0.2) is 0 Å². The van der Waals surface area contributed by atoms with Gasteiger partial charge in [-0.05, 0) is 36.2 Å². The van der Waals surface area contributed by atoms with Crippen LogP contribution in [-0.2, 0) is 6.18 Å². The standard InChI is InChI=1S/C14H13ClF3NS/c1-2-11(19)13-6-5-12(20-13)8-3-4-10(15)9(7-8)14(16,17)18/h3-7,11H,2,19H2,1H3. The maximum atomic E-state index is 12.8. The summed E-state index contributed by atoms with van der Waals surface area (Å²) in [5.41, 5.74) is 5.61. The molecule has 0 saturated carbocycles. The molecule has 0 spiro atoms. The van der Waals surface area contributed by atoms with Gasteiger partial charge in [0.2, 0.25) is 0 Å². The third-order valence-corrected chi connectivity index (χ3v) is 4.58. The van der Waals surface area contributed by atoms with E-state index in [2.05, 4.69) is 0 Å².